The number of amides is 1. The number of carbonyl (C=O) groups is 1. The molecule has 0 fully saturated rings. The van der Waals surface area contributed by atoms with Crippen LogP contribution in [-0.2, 0) is 4.79 Å². The fourth-order valence-electron chi connectivity index (χ4n) is 3.61. The van der Waals surface area contributed by atoms with E-state index in [1.807, 2.05) is 42.5 Å². The van der Waals surface area contributed by atoms with Gasteiger partial charge in [-0.25, -0.2) is 0 Å². The number of fused-ring (bicyclic) bond motifs is 2. The molecule has 8 nitrogen and oxygen atoms in total. The molecule has 3 heterocycles. The second-order valence-corrected chi connectivity index (χ2v) is 7.44. The van der Waals surface area contributed by atoms with Crippen molar-refractivity contribution >= 4 is 22.6 Å². The van der Waals surface area contributed by atoms with Crippen LogP contribution in [0.2, 0.25) is 0 Å². The van der Waals surface area contributed by atoms with E-state index in [1.54, 1.807) is 37.7 Å². The first-order valence-electron chi connectivity index (χ1n) is 10.1. The molecule has 8 heteroatoms. The molecule has 1 unspecified atom stereocenters. The molecular weight excluding hydrogens is 410 g/mol. The first kappa shape index (κ1) is 20.0. The second kappa shape index (κ2) is 8.33. The number of rotatable bonds is 5. The quantitative estimate of drug-likeness (QED) is 0.466. The number of aliphatic hydroxyl groups is 1. The van der Waals surface area contributed by atoms with E-state index in [4.69, 9.17) is 13.9 Å². The number of nitrogens with one attached hydrogen (secondary N) is 1. The van der Waals surface area contributed by atoms with E-state index in [9.17, 15) is 9.90 Å². The standard InChI is InChI=1S/C24H21N3O5/c1-27-20-11-15-8-10-30-21(15)13-22(20)31-14-19(24(27)29)26-23(28)18-12-17(7-9-25-18)32-16-5-3-2-4-6-16/h2-13,19,23,26,28H,14H2,1H3/t19-,23?/m0/s1. The highest BCUT2D eigenvalue weighted by atomic mass is 16.5. The van der Waals surface area contributed by atoms with Crippen LogP contribution in [0, 0.1) is 0 Å². The normalized spacial score (nSPS) is 16.9. The van der Waals surface area contributed by atoms with E-state index in [2.05, 4.69) is 10.3 Å². The van der Waals surface area contributed by atoms with Gasteiger partial charge in [0.25, 0.3) is 0 Å². The van der Waals surface area contributed by atoms with Crippen molar-refractivity contribution in [3.05, 3.63) is 78.8 Å². The minimum Gasteiger partial charge on any atom is -0.489 e. The van der Waals surface area contributed by atoms with Crippen LogP contribution < -0.4 is 19.7 Å². The summed E-state index contributed by atoms with van der Waals surface area (Å²) in [7, 11) is 1.68. The van der Waals surface area contributed by atoms with Gasteiger partial charge in [0.05, 0.1) is 17.6 Å². The molecule has 0 saturated heterocycles. The molecule has 1 aliphatic rings. The molecule has 2 N–H and O–H groups in total. The number of aliphatic hydroxyl groups excluding tert-OH is 1. The highest BCUT2D eigenvalue weighted by Gasteiger charge is 2.31. The summed E-state index contributed by atoms with van der Waals surface area (Å²) >= 11 is 0. The van der Waals surface area contributed by atoms with Gasteiger partial charge in [0.15, 0.2) is 0 Å². The van der Waals surface area contributed by atoms with Crippen molar-refractivity contribution in [2.24, 2.45) is 0 Å². The summed E-state index contributed by atoms with van der Waals surface area (Å²) in [5.41, 5.74) is 1.64. The molecule has 4 aromatic rings. The third-order valence-corrected chi connectivity index (χ3v) is 5.30. The molecule has 0 spiro atoms. The zero-order valence-electron chi connectivity index (χ0n) is 17.3. The molecule has 2 aromatic heterocycles. The molecule has 0 saturated carbocycles. The Labute approximate surface area is 184 Å². The Balaban J connectivity index is 1.32. The van der Waals surface area contributed by atoms with Gasteiger partial charge in [0, 0.05) is 30.8 Å². The van der Waals surface area contributed by atoms with Gasteiger partial charge in [-0.2, -0.15) is 0 Å². The molecule has 0 bridgehead atoms. The first-order chi connectivity index (χ1) is 15.6. The molecule has 2 aromatic carbocycles. The van der Waals surface area contributed by atoms with E-state index in [0.717, 1.165) is 5.39 Å². The molecule has 1 amide bonds. The van der Waals surface area contributed by atoms with Crippen molar-refractivity contribution in [3.63, 3.8) is 0 Å². The minimum absolute atomic E-state index is 0.0413. The van der Waals surface area contributed by atoms with E-state index < -0.39 is 12.3 Å². The van der Waals surface area contributed by atoms with Gasteiger partial charge in [-0.05, 0) is 30.3 Å². The fourth-order valence-corrected chi connectivity index (χ4v) is 3.61. The van der Waals surface area contributed by atoms with Crippen LogP contribution in [0.1, 0.15) is 11.9 Å². The highest BCUT2D eigenvalue weighted by Crippen LogP contribution is 2.35. The zero-order valence-corrected chi connectivity index (χ0v) is 17.3. The minimum atomic E-state index is -1.20. The second-order valence-electron chi connectivity index (χ2n) is 7.44. The van der Waals surface area contributed by atoms with Crippen molar-refractivity contribution in [2.45, 2.75) is 12.3 Å². The summed E-state index contributed by atoms with van der Waals surface area (Å²) in [6.45, 7) is 0.0413. The van der Waals surface area contributed by atoms with Crippen LogP contribution in [0.4, 0.5) is 5.69 Å². The number of likely N-dealkylation sites (N-methyl/N-ethyl adjacent to an activating group) is 1. The molecule has 162 valence electrons. The lowest BCUT2D eigenvalue weighted by Gasteiger charge is -2.23. The Morgan fingerprint density at radius 1 is 1.16 bits per heavy atom. The van der Waals surface area contributed by atoms with Gasteiger partial charge in [0.2, 0.25) is 5.91 Å². The summed E-state index contributed by atoms with van der Waals surface area (Å²) in [5.74, 6) is 1.50. The maximum Gasteiger partial charge on any atom is 0.247 e. The van der Waals surface area contributed by atoms with Gasteiger partial charge in [0.1, 0.15) is 41.7 Å². The average molecular weight is 431 g/mol. The van der Waals surface area contributed by atoms with Gasteiger partial charge < -0.3 is 23.9 Å². The number of ether oxygens (including phenoxy) is 2. The van der Waals surface area contributed by atoms with E-state index in [-0.39, 0.29) is 12.5 Å². The number of pyridine rings is 1. The van der Waals surface area contributed by atoms with E-state index in [0.29, 0.717) is 34.2 Å². The van der Waals surface area contributed by atoms with Crippen LogP contribution in [-0.4, -0.2) is 35.7 Å². The summed E-state index contributed by atoms with van der Waals surface area (Å²) in [6.07, 6.45) is 1.94. The molecular formula is C24H21N3O5. The van der Waals surface area contributed by atoms with Crippen LogP contribution in [0.15, 0.2) is 77.5 Å². The van der Waals surface area contributed by atoms with Crippen molar-refractivity contribution in [1.29, 1.82) is 0 Å². The predicted octanol–water partition coefficient (Wildman–Crippen LogP) is 3.62. The van der Waals surface area contributed by atoms with Crippen molar-refractivity contribution < 1.29 is 23.8 Å². The summed E-state index contributed by atoms with van der Waals surface area (Å²) in [5, 5.41) is 14.5. The molecule has 0 radical (unpaired) electrons. The van der Waals surface area contributed by atoms with Crippen molar-refractivity contribution in [2.75, 3.05) is 18.6 Å². The third-order valence-electron chi connectivity index (χ3n) is 5.30. The van der Waals surface area contributed by atoms with E-state index >= 15 is 0 Å². The van der Waals surface area contributed by atoms with Crippen LogP contribution >= 0.6 is 0 Å². The maximum atomic E-state index is 13.1. The smallest absolute Gasteiger partial charge is 0.247 e. The predicted molar refractivity (Wildman–Crippen MR) is 118 cm³/mol. The first-order valence-corrected chi connectivity index (χ1v) is 10.1. The fraction of sp³-hybridized carbons (Fsp3) is 0.167. The highest BCUT2D eigenvalue weighted by molar-refractivity contribution is 6.01. The lowest BCUT2D eigenvalue weighted by Crippen LogP contribution is -2.48. The molecule has 1 aliphatic heterocycles. The topological polar surface area (TPSA) is 97.1 Å². The molecule has 2 atom stereocenters. The Kier molecular flexibility index (Phi) is 5.22. The SMILES string of the molecule is CN1C(=O)[C@@H](NC(O)c2cc(Oc3ccccc3)ccn2)COc2cc3occc3cc21. The van der Waals surface area contributed by atoms with Crippen LogP contribution in [0.3, 0.4) is 0 Å². The summed E-state index contributed by atoms with van der Waals surface area (Å²) in [6, 6.07) is 17.3. The monoisotopic (exact) mass is 431 g/mol. The van der Waals surface area contributed by atoms with Gasteiger partial charge >= 0.3 is 0 Å². The average Bonchev–Trinajstić information content (AvgIpc) is 3.24. The largest absolute Gasteiger partial charge is 0.489 e. The van der Waals surface area contributed by atoms with Crippen LogP contribution in [0.5, 0.6) is 17.2 Å². The van der Waals surface area contributed by atoms with Gasteiger partial charge in [-0.15, -0.1) is 0 Å². The number of furan rings is 1. The molecule has 32 heavy (non-hydrogen) atoms. The van der Waals surface area contributed by atoms with Crippen molar-refractivity contribution in [1.82, 2.24) is 10.3 Å². The number of benzene rings is 2. The van der Waals surface area contributed by atoms with Gasteiger partial charge in [-0.3, -0.25) is 15.1 Å². The Morgan fingerprint density at radius 3 is 2.84 bits per heavy atom. The Bertz CT molecular complexity index is 1260. The third kappa shape index (κ3) is 3.89. The Morgan fingerprint density at radius 2 is 2.00 bits per heavy atom. The number of nitrogens with zero attached hydrogens (tertiary/aromatic N) is 2. The maximum absolute atomic E-state index is 13.1. The molecule has 0 aliphatic carbocycles. The lowest BCUT2D eigenvalue weighted by atomic mass is 10.2. The number of anilines is 1. The number of aromatic nitrogens is 1. The summed E-state index contributed by atoms with van der Waals surface area (Å²) in [4.78, 5) is 18.8. The zero-order chi connectivity index (χ0) is 22.1. The molecule has 5 rings (SSSR count). The number of para-hydroxylation sites is 1. The van der Waals surface area contributed by atoms with Crippen molar-refractivity contribution in [3.8, 4) is 17.2 Å². The number of hydrogen-bond acceptors (Lipinski definition) is 7. The van der Waals surface area contributed by atoms with E-state index in [1.165, 1.54) is 4.90 Å². The van der Waals surface area contributed by atoms with Crippen LogP contribution in [0.25, 0.3) is 11.0 Å². The number of carbonyl (C=O) groups excluding carboxylic acids is 1. The summed E-state index contributed by atoms with van der Waals surface area (Å²) < 4.78 is 17.1. The lowest BCUT2D eigenvalue weighted by molar-refractivity contribution is -0.121. The number of hydrogen-bond donors (Lipinski definition) is 2. The van der Waals surface area contributed by atoms with Gasteiger partial charge in [-0.1, -0.05) is 18.2 Å². The Hall–Kier alpha value is -3.88.